The number of benzene rings is 1. The molecule has 0 amide bonds. The summed E-state index contributed by atoms with van der Waals surface area (Å²) in [7, 11) is 0. The normalized spacial score (nSPS) is 21.4. The fraction of sp³-hybridized carbons (Fsp3) is 0.647. The Morgan fingerprint density at radius 1 is 1.11 bits per heavy atom. The Hall–Kier alpha value is -1.02. The summed E-state index contributed by atoms with van der Waals surface area (Å²) in [4.78, 5) is 0. The molecule has 2 rings (SSSR count). The van der Waals surface area contributed by atoms with Crippen molar-refractivity contribution in [1.82, 2.24) is 0 Å². The van der Waals surface area contributed by atoms with Gasteiger partial charge in [0.2, 0.25) is 0 Å². The van der Waals surface area contributed by atoms with Crippen LogP contribution in [0.2, 0.25) is 0 Å². The molecule has 1 saturated carbocycles. The molecule has 1 aliphatic carbocycles. The fourth-order valence-electron chi connectivity index (χ4n) is 2.76. The average molecular weight is 262 g/mol. The highest BCUT2D eigenvalue weighted by Crippen LogP contribution is 2.45. The number of hydrogen-bond donors (Lipinski definition) is 1. The summed E-state index contributed by atoms with van der Waals surface area (Å²) in [5.74, 6) is 0.853. The Balaban J connectivity index is 2.17. The summed E-state index contributed by atoms with van der Waals surface area (Å²) >= 11 is 0. The van der Waals surface area contributed by atoms with Gasteiger partial charge in [-0.3, -0.25) is 0 Å². The van der Waals surface area contributed by atoms with E-state index in [0.717, 1.165) is 37.0 Å². The lowest BCUT2D eigenvalue weighted by Gasteiger charge is -2.40. The molecule has 0 unspecified atom stereocenters. The highest BCUT2D eigenvalue weighted by Gasteiger charge is 2.37. The minimum absolute atomic E-state index is 0.162. The molecule has 0 aliphatic heterocycles. The van der Waals surface area contributed by atoms with Gasteiger partial charge >= 0.3 is 0 Å². The second-order valence-corrected chi connectivity index (χ2v) is 6.89. The molecule has 0 bridgehead atoms. The third-order valence-electron chi connectivity index (χ3n) is 4.17. The van der Waals surface area contributed by atoms with E-state index in [2.05, 4.69) is 13.8 Å². The van der Waals surface area contributed by atoms with Crippen LogP contribution in [0, 0.1) is 5.41 Å². The smallest absolute Gasteiger partial charge is 0.120 e. The maximum Gasteiger partial charge on any atom is 0.120 e. The maximum absolute atomic E-state index is 10.9. The molecule has 0 atom stereocenters. The van der Waals surface area contributed by atoms with Crippen molar-refractivity contribution >= 4 is 0 Å². The predicted molar refractivity (Wildman–Crippen MR) is 78.4 cm³/mol. The summed E-state index contributed by atoms with van der Waals surface area (Å²) in [5.41, 5.74) is 0.686. The van der Waals surface area contributed by atoms with Crippen LogP contribution in [-0.2, 0) is 5.60 Å². The first-order valence-electron chi connectivity index (χ1n) is 7.30. The molecule has 1 fully saturated rings. The van der Waals surface area contributed by atoms with Crippen LogP contribution >= 0.6 is 0 Å². The van der Waals surface area contributed by atoms with Crippen molar-refractivity contribution < 1.29 is 9.84 Å². The minimum atomic E-state index is -0.675. The van der Waals surface area contributed by atoms with Gasteiger partial charge in [0.25, 0.3) is 0 Å². The largest absolute Gasteiger partial charge is 0.491 e. The van der Waals surface area contributed by atoms with Crippen LogP contribution in [0.15, 0.2) is 24.3 Å². The van der Waals surface area contributed by atoms with E-state index >= 15 is 0 Å². The first-order valence-corrected chi connectivity index (χ1v) is 7.30. The van der Waals surface area contributed by atoms with Crippen molar-refractivity contribution in [2.75, 3.05) is 0 Å². The zero-order chi connectivity index (χ0) is 14.1. The van der Waals surface area contributed by atoms with Crippen molar-refractivity contribution in [2.45, 2.75) is 65.1 Å². The van der Waals surface area contributed by atoms with Crippen molar-refractivity contribution in [1.29, 1.82) is 0 Å². The first kappa shape index (κ1) is 14.4. The molecule has 19 heavy (non-hydrogen) atoms. The molecular formula is C17H26O2. The van der Waals surface area contributed by atoms with Gasteiger partial charge in [-0.25, -0.2) is 0 Å². The molecule has 0 heterocycles. The van der Waals surface area contributed by atoms with Crippen LogP contribution in [0.5, 0.6) is 5.75 Å². The lowest BCUT2D eigenvalue weighted by Crippen LogP contribution is -2.34. The highest BCUT2D eigenvalue weighted by atomic mass is 16.5. The summed E-state index contributed by atoms with van der Waals surface area (Å²) in [6.45, 7) is 8.60. The van der Waals surface area contributed by atoms with Gasteiger partial charge in [0.1, 0.15) is 5.75 Å². The van der Waals surface area contributed by atoms with Gasteiger partial charge < -0.3 is 9.84 Å². The van der Waals surface area contributed by atoms with Crippen LogP contribution in [0.1, 0.15) is 58.9 Å². The van der Waals surface area contributed by atoms with Gasteiger partial charge in [-0.15, -0.1) is 0 Å². The molecule has 2 heteroatoms. The first-order chi connectivity index (χ1) is 8.81. The van der Waals surface area contributed by atoms with Gasteiger partial charge in [0, 0.05) is 0 Å². The number of aliphatic hydroxyl groups is 1. The monoisotopic (exact) mass is 262 g/mol. The van der Waals surface area contributed by atoms with Gasteiger partial charge in [0.05, 0.1) is 11.7 Å². The van der Waals surface area contributed by atoms with Crippen molar-refractivity contribution in [2.24, 2.45) is 5.41 Å². The molecule has 0 spiro atoms. The molecule has 2 nitrogen and oxygen atoms in total. The van der Waals surface area contributed by atoms with Gasteiger partial charge in [-0.05, 0) is 62.6 Å². The van der Waals surface area contributed by atoms with E-state index in [9.17, 15) is 5.11 Å². The zero-order valence-corrected chi connectivity index (χ0v) is 12.6. The highest BCUT2D eigenvalue weighted by molar-refractivity contribution is 5.33. The summed E-state index contributed by atoms with van der Waals surface area (Å²) in [6, 6.07) is 7.95. The standard InChI is InChI=1S/C17H26O2/c1-13(2)19-15-7-5-6-14(12-15)17(18)10-8-16(3,4)9-11-17/h5-7,12-13,18H,8-11H2,1-4H3. The molecule has 0 radical (unpaired) electrons. The Morgan fingerprint density at radius 3 is 2.32 bits per heavy atom. The number of rotatable bonds is 3. The van der Waals surface area contributed by atoms with E-state index in [1.54, 1.807) is 0 Å². The average Bonchev–Trinajstić information content (AvgIpc) is 2.33. The number of hydrogen-bond acceptors (Lipinski definition) is 2. The second-order valence-electron chi connectivity index (χ2n) is 6.89. The molecule has 1 aliphatic rings. The number of ether oxygens (including phenoxy) is 1. The molecule has 1 aromatic rings. The SMILES string of the molecule is CC(C)Oc1cccc(C2(O)CCC(C)(C)CC2)c1. The van der Waals surface area contributed by atoms with E-state index in [-0.39, 0.29) is 6.10 Å². The van der Waals surface area contributed by atoms with Crippen LogP contribution in [-0.4, -0.2) is 11.2 Å². The van der Waals surface area contributed by atoms with Gasteiger partial charge in [-0.1, -0.05) is 26.0 Å². The van der Waals surface area contributed by atoms with Crippen LogP contribution in [0.3, 0.4) is 0 Å². The van der Waals surface area contributed by atoms with E-state index < -0.39 is 5.60 Å². The lowest BCUT2D eigenvalue weighted by atomic mass is 9.69. The Kier molecular flexibility index (Phi) is 3.91. The Labute approximate surface area is 116 Å². The van der Waals surface area contributed by atoms with Gasteiger partial charge in [0.15, 0.2) is 0 Å². The summed E-state index contributed by atoms with van der Waals surface area (Å²) in [5, 5.41) is 10.9. The molecule has 0 aromatic heterocycles. The molecule has 106 valence electrons. The summed E-state index contributed by atoms with van der Waals surface area (Å²) < 4.78 is 5.72. The Bertz CT molecular complexity index is 425. The maximum atomic E-state index is 10.9. The lowest BCUT2D eigenvalue weighted by molar-refractivity contribution is -0.0307. The van der Waals surface area contributed by atoms with Crippen LogP contribution in [0.4, 0.5) is 0 Å². The van der Waals surface area contributed by atoms with E-state index in [0.29, 0.717) is 5.41 Å². The minimum Gasteiger partial charge on any atom is -0.491 e. The van der Waals surface area contributed by atoms with Crippen molar-refractivity contribution in [3.05, 3.63) is 29.8 Å². The van der Waals surface area contributed by atoms with Crippen LogP contribution < -0.4 is 4.74 Å². The van der Waals surface area contributed by atoms with Crippen LogP contribution in [0.25, 0.3) is 0 Å². The molecular weight excluding hydrogens is 236 g/mol. The van der Waals surface area contributed by atoms with E-state index in [4.69, 9.17) is 4.74 Å². The third kappa shape index (κ3) is 3.50. The van der Waals surface area contributed by atoms with Gasteiger partial charge in [-0.2, -0.15) is 0 Å². The van der Waals surface area contributed by atoms with Crippen molar-refractivity contribution in [3.63, 3.8) is 0 Å². The zero-order valence-electron chi connectivity index (χ0n) is 12.6. The Morgan fingerprint density at radius 2 is 1.74 bits per heavy atom. The topological polar surface area (TPSA) is 29.5 Å². The van der Waals surface area contributed by atoms with Crippen molar-refractivity contribution in [3.8, 4) is 5.75 Å². The molecule has 0 saturated heterocycles. The second kappa shape index (κ2) is 5.16. The van der Waals surface area contributed by atoms with E-state index in [1.165, 1.54) is 0 Å². The molecule has 1 N–H and O–H groups in total. The predicted octanol–water partition coefficient (Wildman–Crippen LogP) is 4.26. The quantitative estimate of drug-likeness (QED) is 0.882. The summed E-state index contributed by atoms with van der Waals surface area (Å²) in [6.07, 6.45) is 3.98. The molecule has 1 aromatic carbocycles. The fourth-order valence-corrected chi connectivity index (χ4v) is 2.76. The third-order valence-corrected chi connectivity index (χ3v) is 4.17. The van der Waals surface area contributed by atoms with E-state index in [1.807, 2.05) is 38.1 Å².